The normalized spacial score (nSPS) is 10.2. The molecule has 0 atom stereocenters. The van der Waals surface area contributed by atoms with Crippen molar-refractivity contribution in [3.63, 3.8) is 0 Å². The minimum atomic E-state index is 0.391. The Morgan fingerprint density at radius 3 is 2.63 bits per heavy atom. The van der Waals surface area contributed by atoms with Crippen LogP contribution >= 0.6 is 12.2 Å². The zero-order valence-electron chi connectivity index (χ0n) is 10.7. The van der Waals surface area contributed by atoms with E-state index in [0.717, 1.165) is 17.2 Å². The van der Waals surface area contributed by atoms with Gasteiger partial charge in [-0.25, -0.2) is 0 Å². The molecule has 0 aliphatic heterocycles. The fourth-order valence-corrected chi connectivity index (χ4v) is 2.01. The van der Waals surface area contributed by atoms with Gasteiger partial charge in [0.2, 0.25) is 0 Å². The summed E-state index contributed by atoms with van der Waals surface area (Å²) in [6, 6.07) is 11.4. The first kappa shape index (κ1) is 13.4. The molecule has 0 aliphatic carbocycles. The molecule has 19 heavy (non-hydrogen) atoms. The predicted octanol–water partition coefficient (Wildman–Crippen LogP) is 2.21. The van der Waals surface area contributed by atoms with Gasteiger partial charge in [-0.05, 0) is 24.3 Å². The molecule has 0 unspecified atom stereocenters. The summed E-state index contributed by atoms with van der Waals surface area (Å²) in [5, 5.41) is 0. The first-order valence-electron chi connectivity index (χ1n) is 5.93. The number of nitrogens with two attached hydrogens (primary N) is 1. The van der Waals surface area contributed by atoms with E-state index in [2.05, 4.69) is 0 Å². The molecule has 0 saturated carbocycles. The number of hydrogen-bond acceptors (Lipinski definition) is 3. The Hall–Kier alpha value is -2.01. The smallest absolute Gasteiger partial charge is 0.161 e. The van der Waals surface area contributed by atoms with Crippen molar-refractivity contribution >= 4 is 17.2 Å². The number of ether oxygens (including phenoxy) is 2. The van der Waals surface area contributed by atoms with Gasteiger partial charge in [0, 0.05) is 6.20 Å². The molecule has 0 bridgehead atoms. The van der Waals surface area contributed by atoms with Crippen molar-refractivity contribution in [1.29, 1.82) is 0 Å². The lowest BCUT2D eigenvalue weighted by Crippen LogP contribution is -2.17. The van der Waals surface area contributed by atoms with Crippen LogP contribution in [0.2, 0.25) is 0 Å². The standard InChI is InChI=1S/C14H16N2O2S/c1-17-12-6-2-3-7-13(12)18-10-9-16-8-4-5-11(16)14(15)19/h2-8H,9-10H2,1H3,(H2,15,19). The van der Waals surface area contributed by atoms with E-state index in [9.17, 15) is 0 Å². The van der Waals surface area contributed by atoms with Crippen molar-refractivity contribution in [2.45, 2.75) is 6.54 Å². The SMILES string of the molecule is COc1ccccc1OCCn1cccc1C(N)=S. The van der Waals surface area contributed by atoms with Crippen molar-refractivity contribution in [3.05, 3.63) is 48.3 Å². The number of benzene rings is 1. The maximum absolute atomic E-state index is 5.71. The van der Waals surface area contributed by atoms with Crippen molar-refractivity contribution in [3.8, 4) is 11.5 Å². The van der Waals surface area contributed by atoms with Crippen LogP contribution in [0.3, 0.4) is 0 Å². The quantitative estimate of drug-likeness (QED) is 0.822. The Morgan fingerprint density at radius 1 is 1.21 bits per heavy atom. The van der Waals surface area contributed by atoms with Crippen LogP contribution in [0.1, 0.15) is 5.69 Å². The molecular formula is C14H16N2O2S. The van der Waals surface area contributed by atoms with Gasteiger partial charge in [0.05, 0.1) is 19.3 Å². The number of aromatic nitrogens is 1. The van der Waals surface area contributed by atoms with E-state index < -0.39 is 0 Å². The largest absolute Gasteiger partial charge is 0.493 e. The average molecular weight is 276 g/mol. The average Bonchev–Trinajstić information content (AvgIpc) is 2.88. The maximum Gasteiger partial charge on any atom is 0.161 e. The summed E-state index contributed by atoms with van der Waals surface area (Å²) in [7, 11) is 1.62. The van der Waals surface area contributed by atoms with Gasteiger partial charge in [0.15, 0.2) is 11.5 Å². The van der Waals surface area contributed by atoms with Crippen molar-refractivity contribution in [2.24, 2.45) is 5.73 Å². The van der Waals surface area contributed by atoms with Crippen LogP contribution in [0.4, 0.5) is 0 Å². The monoisotopic (exact) mass is 276 g/mol. The summed E-state index contributed by atoms with van der Waals surface area (Å²) < 4.78 is 12.9. The number of thiocarbonyl (C=S) groups is 1. The molecule has 0 radical (unpaired) electrons. The molecule has 0 saturated heterocycles. The lowest BCUT2D eigenvalue weighted by Gasteiger charge is -2.12. The third kappa shape index (κ3) is 3.26. The molecule has 100 valence electrons. The van der Waals surface area contributed by atoms with Gasteiger partial charge >= 0.3 is 0 Å². The number of methoxy groups -OCH3 is 1. The molecule has 4 nitrogen and oxygen atoms in total. The molecule has 1 heterocycles. The van der Waals surface area contributed by atoms with E-state index in [1.54, 1.807) is 7.11 Å². The summed E-state index contributed by atoms with van der Waals surface area (Å²) in [5.41, 5.74) is 6.48. The third-order valence-electron chi connectivity index (χ3n) is 2.74. The van der Waals surface area contributed by atoms with Crippen LogP contribution in [0.5, 0.6) is 11.5 Å². The molecule has 5 heteroatoms. The minimum Gasteiger partial charge on any atom is -0.493 e. The first-order valence-corrected chi connectivity index (χ1v) is 6.34. The van der Waals surface area contributed by atoms with E-state index in [1.165, 1.54) is 0 Å². The lowest BCUT2D eigenvalue weighted by molar-refractivity contribution is 0.279. The van der Waals surface area contributed by atoms with Crippen LogP contribution in [-0.2, 0) is 6.54 Å². The molecule has 0 spiro atoms. The van der Waals surface area contributed by atoms with Crippen LogP contribution in [0, 0.1) is 0 Å². The van der Waals surface area contributed by atoms with Gasteiger partial charge in [-0.1, -0.05) is 24.4 Å². The number of nitrogens with zero attached hydrogens (tertiary/aromatic N) is 1. The van der Waals surface area contributed by atoms with Gasteiger partial charge in [-0.15, -0.1) is 0 Å². The highest BCUT2D eigenvalue weighted by Crippen LogP contribution is 2.25. The summed E-state index contributed by atoms with van der Waals surface area (Å²) in [5.74, 6) is 1.46. The second-order valence-electron chi connectivity index (χ2n) is 3.95. The van der Waals surface area contributed by atoms with E-state index in [-0.39, 0.29) is 0 Å². The molecule has 0 aliphatic rings. The van der Waals surface area contributed by atoms with E-state index in [4.69, 9.17) is 27.4 Å². The predicted molar refractivity (Wildman–Crippen MR) is 78.8 cm³/mol. The molecule has 2 aromatic rings. The van der Waals surface area contributed by atoms with Crippen LogP contribution in [0.25, 0.3) is 0 Å². The van der Waals surface area contributed by atoms with Gasteiger partial charge < -0.3 is 19.8 Å². The van der Waals surface area contributed by atoms with Crippen molar-refractivity contribution in [2.75, 3.05) is 13.7 Å². The van der Waals surface area contributed by atoms with E-state index in [0.29, 0.717) is 18.1 Å². The van der Waals surface area contributed by atoms with Crippen LogP contribution < -0.4 is 15.2 Å². The molecule has 0 amide bonds. The molecule has 1 aromatic heterocycles. The number of para-hydroxylation sites is 2. The van der Waals surface area contributed by atoms with Crippen molar-refractivity contribution in [1.82, 2.24) is 4.57 Å². The van der Waals surface area contributed by atoms with Gasteiger partial charge in [-0.3, -0.25) is 0 Å². The van der Waals surface area contributed by atoms with E-state index in [1.807, 2.05) is 47.2 Å². The maximum atomic E-state index is 5.71. The highest BCUT2D eigenvalue weighted by atomic mass is 32.1. The number of rotatable bonds is 6. The van der Waals surface area contributed by atoms with Crippen LogP contribution in [0.15, 0.2) is 42.6 Å². The van der Waals surface area contributed by atoms with Crippen LogP contribution in [-0.4, -0.2) is 23.3 Å². The van der Waals surface area contributed by atoms with Gasteiger partial charge in [0.1, 0.15) is 11.6 Å². The minimum absolute atomic E-state index is 0.391. The topological polar surface area (TPSA) is 49.4 Å². The Morgan fingerprint density at radius 2 is 1.95 bits per heavy atom. The summed E-state index contributed by atoms with van der Waals surface area (Å²) in [4.78, 5) is 0.391. The Labute approximate surface area is 117 Å². The molecule has 1 aromatic carbocycles. The number of hydrogen-bond donors (Lipinski definition) is 1. The van der Waals surface area contributed by atoms with Crippen molar-refractivity contribution < 1.29 is 9.47 Å². The van der Waals surface area contributed by atoms with E-state index >= 15 is 0 Å². The van der Waals surface area contributed by atoms with Gasteiger partial charge in [0.25, 0.3) is 0 Å². The Kier molecular flexibility index (Phi) is 4.41. The first-order chi connectivity index (χ1) is 9.22. The fraction of sp³-hybridized carbons (Fsp3) is 0.214. The zero-order chi connectivity index (χ0) is 13.7. The Balaban J connectivity index is 1.96. The summed E-state index contributed by atoms with van der Waals surface area (Å²) in [6.45, 7) is 1.20. The molecule has 2 N–H and O–H groups in total. The third-order valence-corrected chi connectivity index (χ3v) is 2.95. The highest BCUT2D eigenvalue weighted by Gasteiger charge is 2.05. The summed E-state index contributed by atoms with van der Waals surface area (Å²) >= 11 is 4.98. The molecular weight excluding hydrogens is 260 g/mol. The Bertz CT molecular complexity index is 566. The molecule has 2 rings (SSSR count). The van der Waals surface area contributed by atoms with Gasteiger partial charge in [-0.2, -0.15) is 0 Å². The fourth-order valence-electron chi connectivity index (χ4n) is 1.82. The summed E-state index contributed by atoms with van der Waals surface area (Å²) in [6.07, 6.45) is 1.93. The second kappa shape index (κ2) is 6.24. The highest BCUT2D eigenvalue weighted by molar-refractivity contribution is 7.80. The second-order valence-corrected chi connectivity index (χ2v) is 4.39. The molecule has 0 fully saturated rings. The lowest BCUT2D eigenvalue weighted by atomic mass is 10.3. The zero-order valence-corrected chi connectivity index (χ0v) is 11.5.